The van der Waals surface area contributed by atoms with E-state index < -0.39 is 82.0 Å². The van der Waals surface area contributed by atoms with Crippen LogP contribution in [-0.2, 0) is 10.1 Å². The maximum atomic E-state index is 13.5. The number of alkyl halides is 20. The van der Waals surface area contributed by atoms with Crippen molar-refractivity contribution in [2.75, 3.05) is 14.1 Å². The number of rotatable bonds is 12. The summed E-state index contributed by atoms with van der Waals surface area (Å²) in [5, 5.41) is 2.75. The van der Waals surface area contributed by atoms with E-state index >= 15 is 0 Å². The van der Waals surface area contributed by atoms with Gasteiger partial charge in [-0.3, -0.25) is 4.55 Å². The van der Waals surface area contributed by atoms with Gasteiger partial charge < -0.3 is 5.32 Å². The molecule has 4 unspecified atom stereocenters. The van der Waals surface area contributed by atoms with E-state index in [2.05, 4.69) is 5.32 Å². The lowest BCUT2D eigenvalue weighted by atomic mass is 9.87. The van der Waals surface area contributed by atoms with Gasteiger partial charge in [-0.05, 0) is 14.1 Å². The largest absolute Gasteiger partial charge is 0.384 e. The molecule has 0 aromatic carbocycles. The fourth-order valence-corrected chi connectivity index (χ4v) is 2.54. The van der Waals surface area contributed by atoms with Crippen LogP contribution in [0.25, 0.3) is 0 Å². The van der Waals surface area contributed by atoms with Gasteiger partial charge in [-0.15, -0.1) is 0 Å². The zero-order valence-electron chi connectivity index (χ0n) is 18.1. The minimum atomic E-state index is -9.01. The van der Waals surface area contributed by atoms with E-state index in [4.69, 9.17) is 4.55 Å². The molecule has 0 fully saturated rings. The summed E-state index contributed by atoms with van der Waals surface area (Å²) >= 11 is 0. The van der Waals surface area contributed by atoms with Gasteiger partial charge in [0.05, 0.1) is 0 Å². The molecule has 2 N–H and O–H groups in total. The van der Waals surface area contributed by atoms with Crippen molar-refractivity contribution in [3.8, 4) is 0 Å². The van der Waals surface area contributed by atoms with Crippen LogP contribution in [0.4, 0.5) is 87.8 Å². The maximum Gasteiger partial charge on any atom is 0.384 e. The predicted octanol–water partition coefficient (Wildman–Crippen LogP) is 5.73. The summed E-state index contributed by atoms with van der Waals surface area (Å²) in [5.74, 6) is -60.0. The Morgan fingerprint density at radius 3 is 1.05 bits per heavy atom. The highest BCUT2D eigenvalue weighted by Crippen LogP contribution is 2.63. The average Bonchev–Trinajstić information content (AvgIpc) is 2.75. The summed E-state index contributed by atoms with van der Waals surface area (Å²) in [6, 6.07) is 0. The summed E-state index contributed by atoms with van der Waals surface area (Å²) in [6.45, 7) is 0. The van der Waals surface area contributed by atoms with Gasteiger partial charge in [0, 0.05) is 0 Å². The van der Waals surface area contributed by atoms with Crippen molar-refractivity contribution >= 4 is 10.1 Å². The zero-order chi connectivity index (χ0) is 32.6. The topological polar surface area (TPSA) is 66.4 Å². The Balaban J connectivity index is 0. The van der Waals surface area contributed by atoms with Crippen molar-refractivity contribution in [3.63, 3.8) is 0 Å². The normalized spacial score (nSPS) is 18.3. The van der Waals surface area contributed by atoms with E-state index in [1.54, 1.807) is 0 Å². The van der Waals surface area contributed by atoms with Crippen LogP contribution < -0.4 is 5.32 Å². The Labute approximate surface area is 203 Å². The second-order valence-corrected chi connectivity index (χ2v) is 8.52. The molecule has 0 aliphatic heterocycles. The van der Waals surface area contributed by atoms with Crippen molar-refractivity contribution in [2.45, 2.75) is 71.9 Å². The van der Waals surface area contributed by atoms with Crippen LogP contribution in [0.3, 0.4) is 0 Å². The molecule has 0 aromatic rings. The molecule has 238 valence electrons. The first kappa shape index (κ1) is 39.6. The summed E-state index contributed by atoms with van der Waals surface area (Å²) in [6.07, 6.45) is -21.1. The third-order valence-corrected chi connectivity index (χ3v) is 4.95. The van der Waals surface area contributed by atoms with Crippen molar-refractivity contribution < 1.29 is 101 Å². The highest BCUT2D eigenvalue weighted by molar-refractivity contribution is 7.86. The molecule has 0 saturated heterocycles. The van der Waals surface area contributed by atoms with Gasteiger partial charge in [-0.2, -0.15) is 69.9 Å². The Bertz CT molecular complexity index is 909. The minimum Gasteiger partial charge on any atom is -0.323 e. The predicted molar refractivity (Wildman–Crippen MR) is 86.7 cm³/mol. The van der Waals surface area contributed by atoms with E-state index in [0.29, 0.717) is 0 Å². The van der Waals surface area contributed by atoms with Crippen LogP contribution in [0.15, 0.2) is 0 Å². The van der Waals surface area contributed by atoms with Crippen molar-refractivity contribution in [1.29, 1.82) is 0 Å². The average molecular weight is 655 g/mol. The van der Waals surface area contributed by atoms with Gasteiger partial charge in [0.2, 0.25) is 6.17 Å². The maximum absolute atomic E-state index is 13.5. The molecule has 0 aromatic heterocycles. The van der Waals surface area contributed by atoms with Crippen LogP contribution in [0, 0.1) is 0 Å². The Hall–Kier alpha value is -1.53. The third-order valence-electron chi connectivity index (χ3n) is 4.13. The fraction of sp³-hybridized carbons (Fsp3) is 1.00. The first-order chi connectivity index (χ1) is 16.7. The molecule has 0 aliphatic carbocycles. The van der Waals surface area contributed by atoms with Crippen molar-refractivity contribution in [3.05, 3.63) is 0 Å². The van der Waals surface area contributed by atoms with Crippen LogP contribution in [0.1, 0.15) is 0 Å². The van der Waals surface area contributed by atoms with Gasteiger partial charge in [0.15, 0.2) is 12.3 Å². The van der Waals surface area contributed by atoms with E-state index in [1.807, 2.05) is 14.1 Å². The molecule has 4 nitrogen and oxygen atoms in total. The number of nitrogens with one attached hydrogen (secondary N) is 1. The molecular formula is C14H13F20NO3S. The van der Waals surface area contributed by atoms with Crippen molar-refractivity contribution in [2.24, 2.45) is 0 Å². The lowest BCUT2D eigenvalue weighted by molar-refractivity contribution is -0.446. The molecule has 0 radical (unpaired) electrons. The summed E-state index contributed by atoms with van der Waals surface area (Å²) in [4.78, 5) is 0. The van der Waals surface area contributed by atoms with E-state index in [-0.39, 0.29) is 0 Å². The second-order valence-electron chi connectivity index (χ2n) is 7.07. The smallest absolute Gasteiger partial charge is 0.323 e. The highest BCUT2D eigenvalue weighted by atomic mass is 32.2. The lowest BCUT2D eigenvalue weighted by Gasteiger charge is -2.43. The van der Waals surface area contributed by atoms with E-state index in [9.17, 15) is 96.2 Å². The molecule has 0 bridgehead atoms. The number of hydrogen-bond acceptors (Lipinski definition) is 3. The van der Waals surface area contributed by atoms with Gasteiger partial charge >= 0.3 is 51.6 Å². The quantitative estimate of drug-likeness (QED) is 0.208. The lowest BCUT2D eigenvalue weighted by Crippen LogP contribution is -2.75. The monoisotopic (exact) mass is 655 g/mol. The minimum absolute atomic E-state index is 1.88. The van der Waals surface area contributed by atoms with Crippen LogP contribution in [0.5, 0.6) is 0 Å². The van der Waals surface area contributed by atoms with Crippen LogP contribution in [0.2, 0.25) is 0 Å². The number of halogens is 20. The first-order valence-electron chi connectivity index (χ1n) is 8.78. The summed E-state index contributed by atoms with van der Waals surface area (Å²) in [7, 11) is -3.54. The molecule has 0 amide bonds. The Morgan fingerprint density at radius 1 is 0.538 bits per heavy atom. The Kier molecular flexibility index (Phi) is 11.9. The zero-order valence-corrected chi connectivity index (χ0v) is 18.9. The standard InChI is InChI=1S/C12H6F20O3S.C2H7N/c13-1(2(14)4(16)17)3(15)6(19,20)8(23,24)10(27,28)12(31,32)11(29,30)9(25,26)7(21,22)5(18)36(33,34)35;1-3-2/h1-5H,(H,33,34,35);3H,1-2H3. The molecule has 0 heterocycles. The van der Waals surface area contributed by atoms with Crippen LogP contribution >= 0.6 is 0 Å². The summed E-state index contributed by atoms with van der Waals surface area (Å²) in [5.41, 5.74) is -6.07. The second kappa shape index (κ2) is 11.8. The van der Waals surface area contributed by atoms with Gasteiger partial charge in [0.1, 0.15) is 0 Å². The molecule has 0 aliphatic rings. The SMILES string of the molecule is CNC.O=S(=O)(O)C(F)C(F)(F)C(F)(F)C(F)(F)C(F)(F)C(F)(F)C(F)(F)C(F)(F)C(F)C(F)C(F)C(F)F. The molecule has 39 heavy (non-hydrogen) atoms. The summed E-state index contributed by atoms with van der Waals surface area (Å²) < 4.78 is 291. The molecule has 0 spiro atoms. The van der Waals surface area contributed by atoms with Gasteiger partial charge in [-0.1, -0.05) is 0 Å². The first-order valence-corrected chi connectivity index (χ1v) is 10.3. The van der Waals surface area contributed by atoms with Gasteiger partial charge in [-0.25, -0.2) is 26.3 Å². The molecule has 0 rings (SSSR count). The van der Waals surface area contributed by atoms with E-state index in [1.165, 1.54) is 0 Å². The molecule has 0 saturated carbocycles. The highest BCUT2D eigenvalue weighted by Gasteiger charge is 2.94. The van der Waals surface area contributed by atoms with E-state index in [0.717, 1.165) is 0 Å². The van der Waals surface area contributed by atoms with Crippen LogP contribution in [-0.4, -0.2) is 99.0 Å². The Morgan fingerprint density at radius 2 is 0.795 bits per heavy atom. The molecule has 25 heteroatoms. The number of hydrogen-bond donors (Lipinski definition) is 2. The van der Waals surface area contributed by atoms with Crippen molar-refractivity contribution in [1.82, 2.24) is 5.32 Å². The third kappa shape index (κ3) is 6.37. The van der Waals surface area contributed by atoms with Gasteiger partial charge in [0.25, 0.3) is 11.9 Å². The fourth-order valence-electron chi connectivity index (χ4n) is 2.01. The molecular weight excluding hydrogens is 642 g/mol. The molecule has 4 atom stereocenters.